The summed E-state index contributed by atoms with van der Waals surface area (Å²) in [6, 6.07) is 2.23. The van der Waals surface area contributed by atoms with Crippen molar-refractivity contribution in [1.29, 1.82) is 0 Å². The second-order valence-electron chi connectivity index (χ2n) is 3.18. The van der Waals surface area contributed by atoms with Gasteiger partial charge in [-0.3, -0.25) is 0 Å². The van der Waals surface area contributed by atoms with Crippen LogP contribution < -0.4 is 0 Å². The van der Waals surface area contributed by atoms with Crippen LogP contribution in [0.5, 0.6) is 0 Å². The van der Waals surface area contributed by atoms with Gasteiger partial charge in [-0.1, -0.05) is 20.3 Å². The Hall–Kier alpha value is -0.300. The van der Waals surface area contributed by atoms with E-state index in [9.17, 15) is 0 Å². The third kappa shape index (κ3) is 3.06. The van der Waals surface area contributed by atoms with Crippen molar-refractivity contribution in [3.63, 3.8) is 0 Å². The molecule has 11 heavy (non-hydrogen) atoms. The van der Waals surface area contributed by atoms with Gasteiger partial charge in [-0.25, -0.2) is 0 Å². The molecule has 0 aliphatic heterocycles. The minimum Gasteiger partial charge on any atom is -0.152 e. The predicted octanol–water partition coefficient (Wildman–Crippen LogP) is 3.73. The third-order valence-corrected chi connectivity index (χ3v) is 2.93. The zero-order chi connectivity index (χ0) is 8.10. The van der Waals surface area contributed by atoms with Gasteiger partial charge in [0.15, 0.2) is 0 Å². The number of rotatable bonds is 4. The van der Waals surface area contributed by atoms with Crippen molar-refractivity contribution in [3.8, 4) is 0 Å². The maximum atomic E-state index is 2.33. The van der Waals surface area contributed by atoms with Crippen molar-refractivity contribution in [2.45, 2.75) is 33.1 Å². The lowest BCUT2D eigenvalue weighted by atomic mass is 10.0. The van der Waals surface area contributed by atoms with Crippen LogP contribution in [0.4, 0.5) is 0 Å². The average molecular weight is 168 g/mol. The van der Waals surface area contributed by atoms with Gasteiger partial charge in [-0.15, -0.1) is 0 Å². The van der Waals surface area contributed by atoms with E-state index < -0.39 is 0 Å². The first kappa shape index (κ1) is 8.79. The molecular weight excluding hydrogens is 152 g/mol. The molecule has 0 spiro atoms. The van der Waals surface area contributed by atoms with Crippen molar-refractivity contribution in [1.82, 2.24) is 0 Å². The van der Waals surface area contributed by atoms with Gasteiger partial charge in [-0.05, 0) is 41.1 Å². The summed E-state index contributed by atoms with van der Waals surface area (Å²) in [4.78, 5) is 0. The summed E-state index contributed by atoms with van der Waals surface area (Å²) in [5.74, 6) is 0.884. The highest BCUT2D eigenvalue weighted by Crippen LogP contribution is 2.14. The Balaban J connectivity index is 2.23. The molecule has 1 heteroatoms. The second-order valence-corrected chi connectivity index (χ2v) is 3.96. The summed E-state index contributed by atoms with van der Waals surface area (Å²) >= 11 is 1.80. The average Bonchev–Trinajstić information content (AvgIpc) is 2.52. The van der Waals surface area contributed by atoms with Gasteiger partial charge in [-0.2, -0.15) is 11.3 Å². The normalized spacial score (nSPS) is 13.3. The highest BCUT2D eigenvalue weighted by Gasteiger charge is 1.99. The Morgan fingerprint density at radius 3 is 2.91 bits per heavy atom. The van der Waals surface area contributed by atoms with Gasteiger partial charge in [0.1, 0.15) is 0 Å². The SMILES string of the molecule is CCC(C)CCc1ccsc1. The fourth-order valence-electron chi connectivity index (χ4n) is 1.05. The molecule has 1 heterocycles. The fraction of sp³-hybridized carbons (Fsp3) is 0.600. The Labute approximate surface area is 73.3 Å². The van der Waals surface area contributed by atoms with Crippen molar-refractivity contribution < 1.29 is 0 Å². The topological polar surface area (TPSA) is 0 Å². The van der Waals surface area contributed by atoms with E-state index >= 15 is 0 Å². The minimum atomic E-state index is 0.884. The van der Waals surface area contributed by atoms with E-state index in [1.165, 1.54) is 24.8 Å². The molecule has 0 amide bonds. The summed E-state index contributed by atoms with van der Waals surface area (Å²) < 4.78 is 0. The molecule has 0 bridgehead atoms. The zero-order valence-corrected chi connectivity index (χ0v) is 8.16. The van der Waals surface area contributed by atoms with Crippen molar-refractivity contribution >= 4 is 11.3 Å². The zero-order valence-electron chi connectivity index (χ0n) is 7.34. The van der Waals surface area contributed by atoms with E-state index in [1.54, 1.807) is 11.3 Å². The van der Waals surface area contributed by atoms with Crippen LogP contribution in [0.1, 0.15) is 32.3 Å². The van der Waals surface area contributed by atoms with Gasteiger partial charge in [0, 0.05) is 0 Å². The van der Waals surface area contributed by atoms with Crippen LogP contribution in [-0.2, 0) is 6.42 Å². The van der Waals surface area contributed by atoms with Crippen molar-refractivity contribution in [3.05, 3.63) is 22.4 Å². The van der Waals surface area contributed by atoms with Crippen molar-refractivity contribution in [2.24, 2.45) is 5.92 Å². The molecule has 1 atom stereocenters. The fourth-order valence-corrected chi connectivity index (χ4v) is 1.76. The molecule has 0 saturated carbocycles. The van der Waals surface area contributed by atoms with E-state index in [-0.39, 0.29) is 0 Å². The summed E-state index contributed by atoms with van der Waals surface area (Å²) in [6.45, 7) is 4.59. The molecule has 0 fully saturated rings. The lowest BCUT2D eigenvalue weighted by molar-refractivity contribution is 0.517. The number of hydrogen-bond donors (Lipinski definition) is 0. The second kappa shape index (κ2) is 4.55. The Morgan fingerprint density at radius 2 is 2.36 bits per heavy atom. The Morgan fingerprint density at radius 1 is 1.55 bits per heavy atom. The van der Waals surface area contributed by atoms with E-state index in [0.29, 0.717) is 0 Å². The first-order valence-corrected chi connectivity index (χ1v) is 5.28. The Bertz CT molecular complexity index is 177. The molecule has 0 aliphatic carbocycles. The third-order valence-electron chi connectivity index (χ3n) is 2.20. The quantitative estimate of drug-likeness (QED) is 0.642. The molecule has 62 valence electrons. The van der Waals surface area contributed by atoms with Gasteiger partial charge in [0.2, 0.25) is 0 Å². The van der Waals surface area contributed by atoms with Gasteiger partial charge in [0.05, 0.1) is 0 Å². The Kier molecular flexibility index (Phi) is 3.64. The molecular formula is C10H16S. The highest BCUT2D eigenvalue weighted by atomic mass is 32.1. The number of aryl methyl sites for hydroxylation is 1. The van der Waals surface area contributed by atoms with Crippen LogP contribution in [0.3, 0.4) is 0 Å². The van der Waals surface area contributed by atoms with Gasteiger partial charge in [0.25, 0.3) is 0 Å². The molecule has 0 saturated heterocycles. The lowest BCUT2D eigenvalue weighted by Crippen LogP contribution is -1.93. The van der Waals surface area contributed by atoms with E-state index in [2.05, 4.69) is 30.7 Å². The van der Waals surface area contributed by atoms with Crippen LogP contribution in [0.25, 0.3) is 0 Å². The van der Waals surface area contributed by atoms with Crippen LogP contribution in [0.15, 0.2) is 16.8 Å². The summed E-state index contributed by atoms with van der Waals surface area (Å²) in [7, 11) is 0. The van der Waals surface area contributed by atoms with Crippen molar-refractivity contribution in [2.75, 3.05) is 0 Å². The van der Waals surface area contributed by atoms with Crippen LogP contribution >= 0.6 is 11.3 Å². The molecule has 0 aliphatic rings. The maximum absolute atomic E-state index is 2.33. The molecule has 1 aromatic heterocycles. The predicted molar refractivity (Wildman–Crippen MR) is 52.1 cm³/mol. The van der Waals surface area contributed by atoms with E-state index in [1.807, 2.05) is 0 Å². The molecule has 0 nitrogen and oxygen atoms in total. The van der Waals surface area contributed by atoms with Crippen LogP contribution in [0.2, 0.25) is 0 Å². The van der Waals surface area contributed by atoms with E-state index in [0.717, 1.165) is 5.92 Å². The van der Waals surface area contributed by atoms with Gasteiger partial charge >= 0.3 is 0 Å². The standard InChI is InChI=1S/C10H16S/c1-3-9(2)4-5-10-6-7-11-8-10/h6-9H,3-5H2,1-2H3. The largest absolute Gasteiger partial charge is 0.152 e. The van der Waals surface area contributed by atoms with E-state index in [4.69, 9.17) is 0 Å². The summed E-state index contributed by atoms with van der Waals surface area (Å²) in [5.41, 5.74) is 1.51. The molecule has 0 N–H and O–H groups in total. The minimum absolute atomic E-state index is 0.884. The first-order chi connectivity index (χ1) is 5.33. The van der Waals surface area contributed by atoms with Crippen LogP contribution in [-0.4, -0.2) is 0 Å². The van der Waals surface area contributed by atoms with Crippen LogP contribution in [0, 0.1) is 5.92 Å². The lowest BCUT2D eigenvalue weighted by Gasteiger charge is -2.05. The smallest absolute Gasteiger partial charge is 0.00613 e. The monoisotopic (exact) mass is 168 g/mol. The van der Waals surface area contributed by atoms with Gasteiger partial charge < -0.3 is 0 Å². The molecule has 0 aromatic carbocycles. The molecule has 1 unspecified atom stereocenters. The first-order valence-electron chi connectivity index (χ1n) is 4.34. The molecule has 1 rings (SSSR count). The number of hydrogen-bond acceptors (Lipinski definition) is 1. The molecule has 1 aromatic rings. The highest BCUT2D eigenvalue weighted by molar-refractivity contribution is 7.07. The maximum Gasteiger partial charge on any atom is -0.00613 e. The summed E-state index contributed by atoms with van der Waals surface area (Å²) in [6.07, 6.45) is 3.91. The number of thiophene rings is 1. The molecule has 0 radical (unpaired) electrons. The summed E-state index contributed by atoms with van der Waals surface area (Å²) in [5, 5.41) is 4.41.